The first-order valence-electron chi connectivity index (χ1n) is 6.38. The zero-order valence-corrected chi connectivity index (χ0v) is 12.8. The van der Waals surface area contributed by atoms with Crippen LogP contribution < -0.4 is 5.32 Å². The number of nitrogens with one attached hydrogen (secondary N) is 1. The third kappa shape index (κ3) is 3.87. The van der Waals surface area contributed by atoms with E-state index in [0.29, 0.717) is 17.0 Å². The van der Waals surface area contributed by atoms with Crippen LogP contribution in [-0.4, -0.2) is 0 Å². The van der Waals surface area contributed by atoms with E-state index in [0.717, 1.165) is 11.3 Å². The molecule has 2 nitrogen and oxygen atoms in total. The molecule has 2 rings (SSSR count). The van der Waals surface area contributed by atoms with Crippen molar-refractivity contribution in [2.24, 2.45) is 0 Å². The van der Waals surface area contributed by atoms with Gasteiger partial charge in [-0.2, -0.15) is 5.26 Å². The lowest BCUT2D eigenvalue weighted by molar-refractivity contribution is 0.624. The Morgan fingerprint density at radius 1 is 1.19 bits per heavy atom. The Kier molecular flexibility index (Phi) is 5.06. The van der Waals surface area contributed by atoms with E-state index in [9.17, 15) is 4.39 Å². The Hall–Kier alpha value is -1.76. The van der Waals surface area contributed by atoms with Crippen LogP contribution in [0.25, 0.3) is 0 Å². The summed E-state index contributed by atoms with van der Waals surface area (Å²) in [7, 11) is 0. The van der Waals surface area contributed by atoms with Gasteiger partial charge in [0.15, 0.2) is 0 Å². The molecule has 0 amide bonds. The van der Waals surface area contributed by atoms with E-state index in [1.165, 1.54) is 12.1 Å². The fourth-order valence-electron chi connectivity index (χ4n) is 2.01. The quantitative estimate of drug-likeness (QED) is 0.768. The molecule has 0 saturated heterocycles. The fraction of sp³-hybridized carbons (Fsp3) is 0.188. The SMILES string of the molecule is CC(Nc1ccc(CC#N)cc1)c1cc(F)c(Cl)cc1Cl. The van der Waals surface area contributed by atoms with Crippen molar-refractivity contribution >= 4 is 28.9 Å². The summed E-state index contributed by atoms with van der Waals surface area (Å²) in [5, 5.41) is 12.3. The summed E-state index contributed by atoms with van der Waals surface area (Å²) in [6, 6.07) is 12.2. The first-order chi connectivity index (χ1) is 10.0. The van der Waals surface area contributed by atoms with Crippen LogP contribution in [0.4, 0.5) is 10.1 Å². The zero-order chi connectivity index (χ0) is 15.4. The van der Waals surface area contributed by atoms with Crippen molar-refractivity contribution in [1.82, 2.24) is 0 Å². The predicted octanol–water partition coefficient (Wildman–Crippen LogP) is 5.37. The van der Waals surface area contributed by atoms with E-state index in [1.807, 2.05) is 31.2 Å². The maximum absolute atomic E-state index is 13.5. The molecule has 21 heavy (non-hydrogen) atoms. The molecular weight excluding hydrogens is 310 g/mol. The number of anilines is 1. The second-order valence-corrected chi connectivity index (χ2v) is 5.50. The number of benzene rings is 2. The van der Waals surface area contributed by atoms with Crippen molar-refractivity contribution in [2.45, 2.75) is 19.4 Å². The minimum absolute atomic E-state index is 0.0109. The van der Waals surface area contributed by atoms with Gasteiger partial charge >= 0.3 is 0 Å². The monoisotopic (exact) mass is 322 g/mol. The average Bonchev–Trinajstić information content (AvgIpc) is 2.45. The van der Waals surface area contributed by atoms with Crippen LogP contribution in [0.5, 0.6) is 0 Å². The molecule has 0 spiro atoms. The third-order valence-corrected chi connectivity index (χ3v) is 3.74. The van der Waals surface area contributed by atoms with Crippen molar-refractivity contribution in [3.8, 4) is 6.07 Å². The Bertz CT molecular complexity index is 678. The van der Waals surface area contributed by atoms with Gasteiger partial charge in [-0.3, -0.25) is 0 Å². The normalized spacial score (nSPS) is 11.8. The highest BCUT2D eigenvalue weighted by Gasteiger charge is 2.13. The standard InChI is InChI=1S/C16H13Cl2FN2/c1-10(13-8-16(19)15(18)9-14(13)17)21-12-4-2-11(3-5-12)6-7-20/h2-5,8-10,21H,6H2,1H3. The molecule has 0 saturated carbocycles. The Labute approximate surface area is 133 Å². The molecule has 0 aliphatic carbocycles. The summed E-state index contributed by atoms with van der Waals surface area (Å²) in [5.74, 6) is -0.492. The summed E-state index contributed by atoms with van der Waals surface area (Å²) in [5.41, 5.74) is 2.46. The van der Waals surface area contributed by atoms with Crippen LogP contribution in [0.3, 0.4) is 0 Å². The van der Waals surface area contributed by atoms with Gasteiger partial charge in [-0.25, -0.2) is 4.39 Å². The van der Waals surface area contributed by atoms with E-state index >= 15 is 0 Å². The number of nitrogens with zero attached hydrogens (tertiary/aromatic N) is 1. The van der Waals surface area contributed by atoms with Gasteiger partial charge in [0.25, 0.3) is 0 Å². The van der Waals surface area contributed by atoms with E-state index < -0.39 is 5.82 Å². The molecule has 5 heteroatoms. The Balaban J connectivity index is 2.16. The average molecular weight is 323 g/mol. The van der Waals surface area contributed by atoms with Crippen molar-refractivity contribution < 1.29 is 4.39 Å². The number of nitriles is 1. The predicted molar refractivity (Wildman–Crippen MR) is 84.2 cm³/mol. The van der Waals surface area contributed by atoms with Crippen molar-refractivity contribution in [1.29, 1.82) is 5.26 Å². The maximum Gasteiger partial charge on any atom is 0.142 e. The lowest BCUT2D eigenvalue weighted by Crippen LogP contribution is -2.07. The second-order valence-electron chi connectivity index (χ2n) is 4.69. The van der Waals surface area contributed by atoms with Crippen LogP contribution in [0.15, 0.2) is 36.4 Å². The minimum Gasteiger partial charge on any atom is -0.378 e. The number of rotatable bonds is 4. The molecule has 108 valence electrons. The zero-order valence-electron chi connectivity index (χ0n) is 11.3. The molecule has 0 radical (unpaired) electrons. The molecular formula is C16H13Cl2FN2. The van der Waals surface area contributed by atoms with Gasteiger partial charge in [0.05, 0.1) is 23.6 Å². The summed E-state index contributed by atoms with van der Waals surface area (Å²) < 4.78 is 13.5. The fourth-order valence-corrected chi connectivity index (χ4v) is 2.55. The molecule has 0 aliphatic heterocycles. The number of halogens is 3. The maximum atomic E-state index is 13.5. The first kappa shape index (κ1) is 15.6. The largest absolute Gasteiger partial charge is 0.378 e. The van der Waals surface area contributed by atoms with Gasteiger partial charge in [-0.1, -0.05) is 35.3 Å². The lowest BCUT2D eigenvalue weighted by Gasteiger charge is -2.17. The molecule has 1 atom stereocenters. The summed E-state index contributed by atoms with van der Waals surface area (Å²) >= 11 is 11.8. The van der Waals surface area contributed by atoms with Crippen LogP contribution in [-0.2, 0) is 6.42 Å². The van der Waals surface area contributed by atoms with E-state index in [-0.39, 0.29) is 11.1 Å². The number of hydrogen-bond acceptors (Lipinski definition) is 2. The van der Waals surface area contributed by atoms with Gasteiger partial charge in [0, 0.05) is 10.7 Å². The van der Waals surface area contributed by atoms with Crippen molar-refractivity contribution in [3.05, 3.63) is 63.4 Å². The van der Waals surface area contributed by atoms with E-state index in [2.05, 4.69) is 11.4 Å². The molecule has 0 fully saturated rings. The van der Waals surface area contributed by atoms with Gasteiger partial charge in [0.1, 0.15) is 5.82 Å². The molecule has 0 bridgehead atoms. The van der Waals surface area contributed by atoms with Gasteiger partial charge in [-0.05, 0) is 42.3 Å². The topological polar surface area (TPSA) is 35.8 Å². The molecule has 0 aromatic heterocycles. The van der Waals surface area contributed by atoms with Gasteiger partial charge in [-0.15, -0.1) is 0 Å². The molecule has 0 heterocycles. The van der Waals surface area contributed by atoms with Crippen LogP contribution >= 0.6 is 23.2 Å². The Morgan fingerprint density at radius 2 is 1.86 bits per heavy atom. The molecule has 1 N–H and O–H groups in total. The third-order valence-electron chi connectivity index (χ3n) is 3.13. The lowest BCUT2D eigenvalue weighted by atomic mass is 10.1. The second kappa shape index (κ2) is 6.80. The minimum atomic E-state index is -0.492. The summed E-state index contributed by atoms with van der Waals surface area (Å²) in [6.45, 7) is 1.89. The van der Waals surface area contributed by atoms with E-state index in [1.54, 1.807) is 0 Å². The highest BCUT2D eigenvalue weighted by Crippen LogP contribution is 2.30. The smallest absolute Gasteiger partial charge is 0.142 e. The van der Waals surface area contributed by atoms with E-state index in [4.69, 9.17) is 28.5 Å². The van der Waals surface area contributed by atoms with Crippen molar-refractivity contribution in [2.75, 3.05) is 5.32 Å². The van der Waals surface area contributed by atoms with Gasteiger partial charge in [0.2, 0.25) is 0 Å². The number of hydrogen-bond donors (Lipinski definition) is 1. The molecule has 2 aromatic rings. The van der Waals surface area contributed by atoms with Crippen LogP contribution in [0.2, 0.25) is 10.0 Å². The Morgan fingerprint density at radius 3 is 2.48 bits per heavy atom. The highest BCUT2D eigenvalue weighted by molar-refractivity contribution is 6.35. The highest BCUT2D eigenvalue weighted by atomic mass is 35.5. The molecule has 0 aliphatic rings. The molecule has 2 aromatic carbocycles. The van der Waals surface area contributed by atoms with Gasteiger partial charge < -0.3 is 5.32 Å². The van der Waals surface area contributed by atoms with Crippen molar-refractivity contribution in [3.63, 3.8) is 0 Å². The molecule has 1 unspecified atom stereocenters. The van der Waals surface area contributed by atoms with Crippen LogP contribution in [0.1, 0.15) is 24.1 Å². The summed E-state index contributed by atoms with van der Waals surface area (Å²) in [4.78, 5) is 0. The summed E-state index contributed by atoms with van der Waals surface area (Å²) in [6.07, 6.45) is 0.379. The van der Waals surface area contributed by atoms with Crippen LogP contribution in [0, 0.1) is 17.1 Å². The first-order valence-corrected chi connectivity index (χ1v) is 7.13.